The van der Waals surface area contributed by atoms with E-state index >= 15 is 0 Å². The van der Waals surface area contributed by atoms with Crippen LogP contribution in [-0.2, 0) is 16.0 Å². The maximum absolute atomic E-state index is 12.0. The van der Waals surface area contributed by atoms with Crippen LogP contribution in [0.4, 0.5) is 5.69 Å². The molecule has 3 heteroatoms. The van der Waals surface area contributed by atoms with Gasteiger partial charge in [0.1, 0.15) is 0 Å². The minimum atomic E-state index is -0.0839. The van der Waals surface area contributed by atoms with Gasteiger partial charge in [-0.2, -0.15) is 0 Å². The van der Waals surface area contributed by atoms with Crippen molar-refractivity contribution in [3.63, 3.8) is 0 Å². The predicted molar refractivity (Wildman–Crippen MR) is 76.4 cm³/mol. The Morgan fingerprint density at radius 1 is 0.800 bits per heavy atom. The number of imide groups is 1. The molecule has 0 unspecified atom stereocenters. The predicted octanol–water partition coefficient (Wildman–Crippen LogP) is 2.91. The Morgan fingerprint density at radius 3 is 2.30 bits per heavy atom. The van der Waals surface area contributed by atoms with Gasteiger partial charge in [0.15, 0.2) is 0 Å². The van der Waals surface area contributed by atoms with Crippen LogP contribution in [0.3, 0.4) is 0 Å². The van der Waals surface area contributed by atoms with Gasteiger partial charge < -0.3 is 0 Å². The van der Waals surface area contributed by atoms with Crippen LogP contribution in [0.15, 0.2) is 42.5 Å². The minimum Gasteiger partial charge on any atom is -0.274 e. The zero-order valence-electron chi connectivity index (χ0n) is 10.9. The molecule has 0 N–H and O–H groups in total. The number of fused-ring (bicyclic) bond motifs is 3. The molecule has 1 fully saturated rings. The molecule has 0 spiro atoms. The molecule has 4 rings (SSSR count). The zero-order valence-corrected chi connectivity index (χ0v) is 10.9. The van der Waals surface area contributed by atoms with Gasteiger partial charge in [-0.3, -0.25) is 14.5 Å². The molecule has 2 aliphatic rings. The Morgan fingerprint density at radius 2 is 1.50 bits per heavy atom. The van der Waals surface area contributed by atoms with Crippen molar-refractivity contribution in [2.75, 3.05) is 4.90 Å². The smallest absolute Gasteiger partial charge is 0.234 e. The van der Waals surface area contributed by atoms with Crippen molar-refractivity contribution in [1.82, 2.24) is 0 Å². The fourth-order valence-corrected chi connectivity index (χ4v) is 3.20. The topological polar surface area (TPSA) is 37.4 Å². The number of carbonyl (C=O) groups excluding carboxylic acids is 2. The van der Waals surface area contributed by atoms with E-state index in [1.807, 2.05) is 24.3 Å². The highest BCUT2D eigenvalue weighted by Gasteiger charge is 2.33. The van der Waals surface area contributed by atoms with Crippen LogP contribution in [0.5, 0.6) is 0 Å². The number of amides is 2. The van der Waals surface area contributed by atoms with Crippen LogP contribution in [0, 0.1) is 0 Å². The van der Waals surface area contributed by atoms with Crippen LogP contribution in [-0.4, -0.2) is 11.8 Å². The maximum atomic E-state index is 12.0. The van der Waals surface area contributed by atoms with E-state index in [2.05, 4.69) is 18.2 Å². The summed E-state index contributed by atoms with van der Waals surface area (Å²) in [6.45, 7) is 0. The Balaban J connectivity index is 1.90. The molecule has 0 radical (unpaired) electrons. The summed E-state index contributed by atoms with van der Waals surface area (Å²) >= 11 is 0. The van der Waals surface area contributed by atoms with Crippen LogP contribution in [0.25, 0.3) is 11.1 Å². The normalized spacial score (nSPS) is 16.5. The van der Waals surface area contributed by atoms with Gasteiger partial charge in [0.2, 0.25) is 11.8 Å². The molecule has 0 saturated carbocycles. The monoisotopic (exact) mass is 263 g/mol. The molecule has 3 nitrogen and oxygen atoms in total. The third kappa shape index (κ3) is 1.46. The van der Waals surface area contributed by atoms with Crippen molar-refractivity contribution in [3.8, 4) is 11.1 Å². The standard InChI is InChI=1S/C17H13NO2/c19-16-8-9-17(20)18(16)15-7-3-6-13-12-5-2-1-4-11(12)10-14(13)15/h1-7H,8-10H2. The average Bonchev–Trinajstić information content (AvgIpc) is 3.00. The molecule has 98 valence electrons. The molecule has 1 aliphatic carbocycles. The van der Waals surface area contributed by atoms with Crippen molar-refractivity contribution >= 4 is 17.5 Å². The summed E-state index contributed by atoms with van der Waals surface area (Å²) in [6.07, 6.45) is 1.45. The van der Waals surface area contributed by atoms with E-state index in [0.717, 1.165) is 23.2 Å². The van der Waals surface area contributed by atoms with Gasteiger partial charge in [0.25, 0.3) is 0 Å². The van der Waals surface area contributed by atoms with E-state index in [9.17, 15) is 9.59 Å². The van der Waals surface area contributed by atoms with Gasteiger partial charge in [-0.1, -0.05) is 36.4 Å². The van der Waals surface area contributed by atoms with Gasteiger partial charge in [0.05, 0.1) is 5.69 Å². The molecule has 0 bridgehead atoms. The fourth-order valence-electron chi connectivity index (χ4n) is 3.20. The van der Waals surface area contributed by atoms with E-state index in [1.165, 1.54) is 16.0 Å². The molecule has 2 aromatic carbocycles. The van der Waals surface area contributed by atoms with Crippen LogP contribution in [0.2, 0.25) is 0 Å². The van der Waals surface area contributed by atoms with Gasteiger partial charge in [0, 0.05) is 19.3 Å². The summed E-state index contributed by atoms with van der Waals surface area (Å²) in [6, 6.07) is 14.1. The summed E-state index contributed by atoms with van der Waals surface area (Å²) in [7, 11) is 0. The Hall–Kier alpha value is -2.42. The van der Waals surface area contributed by atoms with Crippen molar-refractivity contribution in [2.24, 2.45) is 0 Å². The lowest BCUT2D eigenvalue weighted by molar-refractivity contribution is -0.121. The fraction of sp³-hybridized carbons (Fsp3) is 0.176. The first kappa shape index (κ1) is 11.4. The molecule has 2 amide bonds. The molecule has 20 heavy (non-hydrogen) atoms. The molecular formula is C17H13NO2. The van der Waals surface area contributed by atoms with Crippen LogP contribution >= 0.6 is 0 Å². The Kier molecular flexibility index (Phi) is 2.30. The third-order valence-corrected chi connectivity index (χ3v) is 4.12. The van der Waals surface area contributed by atoms with Gasteiger partial charge in [-0.15, -0.1) is 0 Å². The van der Waals surface area contributed by atoms with Crippen molar-refractivity contribution in [1.29, 1.82) is 0 Å². The summed E-state index contributed by atoms with van der Waals surface area (Å²) in [5, 5.41) is 0. The zero-order chi connectivity index (χ0) is 13.7. The van der Waals surface area contributed by atoms with Crippen molar-refractivity contribution < 1.29 is 9.59 Å². The summed E-state index contributed by atoms with van der Waals surface area (Å²) in [5.41, 5.74) is 5.48. The van der Waals surface area contributed by atoms with Crippen LogP contribution < -0.4 is 4.90 Å². The Labute approximate surface area is 116 Å². The third-order valence-electron chi connectivity index (χ3n) is 4.12. The number of benzene rings is 2. The highest BCUT2D eigenvalue weighted by Crippen LogP contribution is 2.42. The molecular weight excluding hydrogens is 250 g/mol. The quantitative estimate of drug-likeness (QED) is 0.633. The summed E-state index contributed by atoms with van der Waals surface area (Å²) in [4.78, 5) is 25.3. The van der Waals surface area contributed by atoms with Crippen molar-refractivity contribution in [3.05, 3.63) is 53.6 Å². The first-order valence-corrected chi connectivity index (χ1v) is 6.81. The number of nitrogens with zero attached hydrogens (tertiary/aromatic N) is 1. The molecule has 1 heterocycles. The number of hydrogen-bond acceptors (Lipinski definition) is 2. The van der Waals surface area contributed by atoms with E-state index < -0.39 is 0 Å². The molecule has 0 atom stereocenters. The number of anilines is 1. The minimum absolute atomic E-state index is 0.0839. The van der Waals surface area contributed by atoms with Gasteiger partial charge in [-0.25, -0.2) is 0 Å². The lowest BCUT2D eigenvalue weighted by atomic mass is 10.0. The average molecular weight is 263 g/mol. The van der Waals surface area contributed by atoms with E-state index in [-0.39, 0.29) is 11.8 Å². The second-order valence-corrected chi connectivity index (χ2v) is 5.26. The first-order valence-electron chi connectivity index (χ1n) is 6.81. The van der Waals surface area contributed by atoms with Crippen LogP contribution in [0.1, 0.15) is 24.0 Å². The first-order chi connectivity index (χ1) is 9.75. The van der Waals surface area contributed by atoms with Gasteiger partial charge >= 0.3 is 0 Å². The van der Waals surface area contributed by atoms with E-state index in [0.29, 0.717) is 12.8 Å². The maximum Gasteiger partial charge on any atom is 0.234 e. The van der Waals surface area contributed by atoms with Crippen molar-refractivity contribution in [2.45, 2.75) is 19.3 Å². The summed E-state index contributed by atoms with van der Waals surface area (Å²) in [5.74, 6) is -0.168. The van der Waals surface area contributed by atoms with E-state index in [1.54, 1.807) is 0 Å². The molecule has 2 aromatic rings. The number of rotatable bonds is 1. The summed E-state index contributed by atoms with van der Waals surface area (Å²) < 4.78 is 0. The van der Waals surface area contributed by atoms with Gasteiger partial charge in [-0.05, 0) is 28.3 Å². The SMILES string of the molecule is O=C1CCC(=O)N1c1cccc2c1Cc1ccccc1-2. The number of hydrogen-bond donors (Lipinski definition) is 0. The number of carbonyl (C=O) groups is 2. The molecule has 1 saturated heterocycles. The molecule has 1 aliphatic heterocycles. The highest BCUT2D eigenvalue weighted by molar-refractivity contribution is 6.20. The second-order valence-electron chi connectivity index (χ2n) is 5.26. The largest absolute Gasteiger partial charge is 0.274 e. The lowest BCUT2D eigenvalue weighted by Crippen LogP contribution is -2.29. The second kappa shape index (κ2) is 4.04. The highest BCUT2D eigenvalue weighted by atomic mass is 16.2. The Bertz CT molecular complexity index is 732. The molecule has 0 aromatic heterocycles. The van der Waals surface area contributed by atoms with E-state index in [4.69, 9.17) is 0 Å². The lowest BCUT2D eigenvalue weighted by Gasteiger charge is -2.17.